The Bertz CT molecular complexity index is 1440. The first-order valence-electron chi connectivity index (χ1n) is 14.7. The number of rotatable bonds is 16. The molecule has 3 aromatic rings. The highest BCUT2D eigenvalue weighted by Crippen LogP contribution is 2.27. The molecule has 3 rings (SSSR count). The molecule has 238 valence electrons. The Balaban J connectivity index is 1.36. The molecule has 0 fully saturated rings. The lowest BCUT2D eigenvalue weighted by Crippen LogP contribution is -2.23. The summed E-state index contributed by atoms with van der Waals surface area (Å²) in [5, 5.41) is -0.0823. The van der Waals surface area contributed by atoms with Crippen LogP contribution in [0.3, 0.4) is 0 Å². The molecule has 0 aromatic heterocycles. The van der Waals surface area contributed by atoms with E-state index in [1.807, 2.05) is 93.6 Å². The van der Waals surface area contributed by atoms with Gasteiger partial charge in [-0.05, 0) is 105 Å². The van der Waals surface area contributed by atoms with E-state index < -0.39 is 17.2 Å². The van der Waals surface area contributed by atoms with Gasteiger partial charge in [0.15, 0.2) is 0 Å². The van der Waals surface area contributed by atoms with E-state index in [1.54, 1.807) is 12.2 Å². The number of thioether (sulfide) groups is 1. The first kappa shape index (κ1) is 35.1. The highest BCUT2D eigenvalue weighted by atomic mass is 32.2. The van der Waals surface area contributed by atoms with Crippen LogP contribution in [0.25, 0.3) is 17.2 Å². The van der Waals surface area contributed by atoms with Gasteiger partial charge in [0.1, 0.15) is 11.5 Å². The van der Waals surface area contributed by atoms with Crippen LogP contribution in [0.2, 0.25) is 0 Å². The van der Waals surface area contributed by atoms with Crippen molar-refractivity contribution in [3.8, 4) is 22.6 Å². The third-order valence-electron chi connectivity index (χ3n) is 6.22. The lowest BCUT2D eigenvalue weighted by atomic mass is 9.97. The van der Waals surface area contributed by atoms with Crippen LogP contribution >= 0.6 is 11.8 Å². The van der Waals surface area contributed by atoms with Gasteiger partial charge in [0.2, 0.25) is 10.9 Å². The topological polar surface area (TPSA) is 88.1 Å². The molecular weight excluding hydrogens is 595 g/mol. The number of ether oxygens (including phenoxy) is 4. The molecule has 0 atom stereocenters. The Morgan fingerprint density at radius 3 is 1.82 bits per heavy atom. The number of unbranched alkanes of at least 4 members (excludes halogenated alkanes) is 1. The second-order valence-electron chi connectivity index (χ2n) is 11.1. The lowest BCUT2D eigenvalue weighted by molar-refractivity contribution is -0.153. The molecule has 0 heterocycles. The number of benzene rings is 3. The highest BCUT2D eigenvalue weighted by Gasteiger charge is 2.22. The van der Waals surface area contributed by atoms with E-state index in [2.05, 4.69) is 11.3 Å². The number of esters is 2. The second-order valence-corrected chi connectivity index (χ2v) is 12.1. The number of hydrogen-bond donors (Lipinski definition) is 0. The Morgan fingerprint density at radius 2 is 1.24 bits per heavy atom. The fraction of sp³-hybridized carbons (Fsp3) is 0.306. The second kappa shape index (κ2) is 17.8. The van der Waals surface area contributed by atoms with E-state index in [0.717, 1.165) is 51.9 Å². The van der Waals surface area contributed by atoms with E-state index in [4.69, 9.17) is 14.2 Å². The number of halogens is 1. The average molecular weight is 635 g/mol. The van der Waals surface area contributed by atoms with Crippen LogP contribution < -0.4 is 9.47 Å². The highest BCUT2D eigenvalue weighted by molar-refractivity contribution is 8.14. The molecule has 0 bridgehead atoms. The normalized spacial score (nSPS) is 11.2. The van der Waals surface area contributed by atoms with Gasteiger partial charge in [-0.15, -0.1) is 0 Å². The van der Waals surface area contributed by atoms with Crippen LogP contribution in [0.4, 0.5) is 4.39 Å². The van der Waals surface area contributed by atoms with Crippen molar-refractivity contribution >= 4 is 34.9 Å². The van der Waals surface area contributed by atoms with Crippen molar-refractivity contribution in [1.29, 1.82) is 0 Å². The van der Waals surface area contributed by atoms with Gasteiger partial charge in [-0.2, -0.15) is 4.39 Å². The number of carbonyl (C=O) groups excluding carboxylic acids is 3. The van der Waals surface area contributed by atoms with Crippen molar-refractivity contribution < 1.29 is 37.7 Å². The van der Waals surface area contributed by atoms with Crippen molar-refractivity contribution in [2.75, 3.05) is 26.4 Å². The SMILES string of the molecule is C=C(F)C(=O)OCCCOc1ccc(-c2ccc(SC(=O)/C=C/c3ccc(OCCCCOC(=O)C(C)(C)C)cc3)cc2)cc1. The van der Waals surface area contributed by atoms with Crippen LogP contribution in [-0.4, -0.2) is 43.5 Å². The summed E-state index contributed by atoms with van der Waals surface area (Å²) < 4.78 is 33.9. The minimum Gasteiger partial charge on any atom is -0.494 e. The zero-order chi connectivity index (χ0) is 32.7. The molecule has 9 heteroatoms. The third kappa shape index (κ3) is 13.0. The van der Waals surface area contributed by atoms with E-state index in [9.17, 15) is 18.8 Å². The summed E-state index contributed by atoms with van der Waals surface area (Å²) in [4.78, 5) is 36.1. The summed E-state index contributed by atoms with van der Waals surface area (Å²) in [5.41, 5.74) is 2.39. The van der Waals surface area contributed by atoms with Crippen LogP contribution in [0.1, 0.15) is 45.6 Å². The molecule has 0 saturated heterocycles. The maximum absolute atomic E-state index is 12.6. The van der Waals surface area contributed by atoms with Crippen molar-refractivity contribution in [1.82, 2.24) is 0 Å². The standard InChI is InChI=1S/C36H39FO7S/c1-26(37)34(39)43-25-7-24-42-31-17-11-28(12-18-31)29-13-19-32(20-14-29)45-33(38)21-10-27-8-15-30(16-9-27)41-22-5-6-23-44-35(40)36(2,3)4/h8-21H,1,5-7,22-25H2,2-4H3/b21-10+. The van der Waals surface area contributed by atoms with Crippen molar-refractivity contribution in [3.05, 3.63) is 96.8 Å². The van der Waals surface area contributed by atoms with Crippen LogP contribution in [-0.2, 0) is 23.9 Å². The van der Waals surface area contributed by atoms with Gasteiger partial charge in [0, 0.05) is 11.3 Å². The molecular formula is C36H39FO7S. The van der Waals surface area contributed by atoms with Gasteiger partial charge in [-0.25, -0.2) is 4.79 Å². The van der Waals surface area contributed by atoms with Crippen LogP contribution in [0.5, 0.6) is 11.5 Å². The monoisotopic (exact) mass is 634 g/mol. The molecule has 0 unspecified atom stereocenters. The predicted molar refractivity (Wildman–Crippen MR) is 175 cm³/mol. The maximum Gasteiger partial charge on any atom is 0.366 e. The minimum absolute atomic E-state index is 0.0489. The molecule has 0 spiro atoms. The first-order valence-corrected chi connectivity index (χ1v) is 15.5. The van der Waals surface area contributed by atoms with Crippen molar-refractivity contribution in [2.24, 2.45) is 5.41 Å². The Kier molecular flexibility index (Phi) is 13.9. The fourth-order valence-electron chi connectivity index (χ4n) is 3.72. The molecule has 0 aliphatic rings. The summed E-state index contributed by atoms with van der Waals surface area (Å²) in [6.45, 7) is 9.66. The molecule has 7 nitrogen and oxygen atoms in total. The maximum atomic E-state index is 12.6. The summed E-state index contributed by atoms with van der Waals surface area (Å²) in [6, 6.07) is 22.8. The van der Waals surface area contributed by atoms with Gasteiger partial charge >= 0.3 is 11.9 Å². The number of hydrogen-bond acceptors (Lipinski definition) is 8. The lowest BCUT2D eigenvalue weighted by Gasteiger charge is -2.16. The quantitative estimate of drug-likeness (QED) is 0.0674. The number of carbonyl (C=O) groups is 3. The summed E-state index contributed by atoms with van der Waals surface area (Å²) in [7, 11) is 0. The molecule has 0 aliphatic carbocycles. The molecule has 45 heavy (non-hydrogen) atoms. The largest absolute Gasteiger partial charge is 0.494 e. The molecule has 0 radical (unpaired) electrons. The summed E-state index contributed by atoms with van der Waals surface area (Å²) >= 11 is 1.15. The molecule has 0 saturated carbocycles. The van der Waals surface area contributed by atoms with Gasteiger partial charge in [-0.1, -0.05) is 49.1 Å². The predicted octanol–water partition coefficient (Wildman–Crippen LogP) is 8.23. The third-order valence-corrected chi connectivity index (χ3v) is 7.06. The van der Waals surface area contributed by atoms with Crippen molar-refractivity contribution in [3.63, 3.8) is 0 Å². The Morgan fingerprint density at radius 1 is 0.733 bits per heavy atom. The molecule has 0 amide bonds. The summed E-state index contributed by atoms with van der Waals surface area (Å²) in [6.07, 6.45) is 5.26. The molecule has 0 aliphatic heterocycles. The molecule has 3 aromatic carbocycles. The van der Waals surface area contributed by atoms with Crippen LogP contribution in [0, 0.1) is 5.41 Å². The average Bonchev–Trinajstić information content (AvgIpc) is 3.02. The van der Waals surface area contributed by atoms with Gasteiger partial charge in [0.05, 0.1) is 31.8 Å². The summed E-state index contributed by atoms with van der Waals surface area (Å²) in [5.74, 6) is -0.964. The smallest absolute Gasteiger partial charge is 0.366 e. The van der Waals surface area contributed by atoms with E-state index in [-0.39, 0.29) is 17.7 Å². The molecule has 0 N–H and O–H groups in total. The van der Waals surface area contributed by atoms with Crippen molar-refractivity contribution in [2.45, 2.75) is 44.9 Å². The fourth-order valence-corrected chi connectivity index (χ4v) is 4.36. The Hall–Kier alpha value is -4.37. The first-order chi connectivity index (χ1) is 21.5. The zero-order valence-corrected chi connectivity index (χ0v) is 26.7. The van der Waals surface area contributed by atoms with E-state index in [0.29, 0.717) is 32.0 Å². The van der Waals surface area contributed by atoms with Crippen LogP contribution in [0.15, 0.2) is 96.2 Å². The van der Waals surface area contributed by atoms with E-state index in [1.165, 1.54) is 0 Å². The Labute approximate surface area is 268 Å². The van der Waals surface area contributed by atoms with Gasteiger partial charge < -0.3 is 18.9 Å². The van der Waals surface area contributed by atoms with Gasteiger partial charge in [0.25, 0.3) is 0 Å². The van der Waals surface area contributed by atoms with Gasteiger partial charge in [-0.3, -0.25) is 9.59 Å². The van der Waals surface area contributed by atoms with E-state index >= 15 is 0 Å². The minimum atomic E-state index is -1.12. The zero-order valence-electron chi connectivity index (χ0n) is 25.9.